The summed E-state index contributed by atoms with van der Waals surface area (Å²) >= 11 is 0. The van der Waals surface area contributed by atoms with Crippen molar-refractivity contribution in [3.63, 3.8) is 0 Å². The van der Waals surface area contributed by atoms with Gasteiger partial charge in [0.2, 0.25) is 5.91 Å². The van der Waals surface area contributed by atoms with Crippen LogP contribution < -0.4 is 10.6 Å². The maximum Gasteiger partial charge on any atom is 0.407 e. The number of hydrogen-bond acceptors (Lipinski definition) is 6. The van der Waals surface area contributed by atoms with Gasteiger partial charge in [0.15, 0.2) is 0 Å². The maximum atomic E-state index is 12.8. The number of carbonyl (C=O) groups excluding carboxylic acids is 3. The predicted molar refractivity (Wildman–Crippen MR) is 151 cm³/mol. The molecule has 0 saturated carbocycles. The monoisotopic (exact) mass is 552 g/mol. The quantitative estimate of drug-likeness (QED) is 0.218. The summed E-state index contributed by atoms with van der Waals surface area (Å²) in [7, 11) is 0. The number of unbranched alkanes of at least 4 members (excludes halogenated alkanes) is 2. The molecule has 1 aliphatic carbocycles. The summed E-state index contributed by atoms with van der Waals surface area (Å²) < 4.78 is 11.1. The van der Waals surface area contributed by atoms with Crippen LogP contribution in [0.2, 0.25) is 0 Å². The summed E-state index contributed by atoms with van der Waals surface area (Å²) in [5.41, 5.74) is 3.75. The minimum atomic E-state index is -0.887. The highest BCUT2D eigenvalue weighted by Gasteiger charge is 2.30. The molecule has 9 nitrogen and oxygen atoms in total. The molecule has 3 N–H and O–H groups in total. The Kier molecular flexibility index (Phi) is 11.1. The van der Waals surface area contributed by atoms with Crippen LogP contribution in [0.1, 0.15) is 82.8 Å². The molecule has 0 saturated heterocycles. The van der Waals surface area contributed by atoms with Crippen LogP contribution in [0.5, 0.6) is 0 Å². The van der Waals surface area contributed by atoms with Gasteiger partial charge in [-0.2, -0.15) is 0 Å². The van der Waals surface area contributed by atoms with Crippen LogP contribution in [0, 0.1) is 0 Å². The molecule has 0 radical (unpaired) electrons. The van der Waals surface area contributed by atoms with Crippen LogP contribution in [0.15, 0.2) is 48.5 Å². The number of amides is 2. The molecular weight excluding hydrogens is 512 g/mol. The second kappa shape index (κ2) is 14.5. The smallest absolute Gasteiger partial charge is 0.407 e. The Balaban J connectivity index is 1.49. The summed E-state index contributed by atoms with van der Waals surface area (Å²) in [5, 5.41) is 14.2. The summed E-state index contributed by atoms with van der Waals surface area (Å²) in [4.78, 5) is 48.1. The Hall–Kier alpha value is -3.88. The van der Waals surface area contributed by atoms with Crippen LogP contribution in [0.3, 0.4) is 0 Å². The van der Waals surface area contributed by atoms with E-state index in [0.29, 0.717) is 38.6 Å². The largest absolute Gasteiger partial charge is 0.481 e. The van der Waals surface area contributed by atoms with Gasteiger partial charge in [0.05, 0.1) is 0 Å². The minimum Gasteiger partial charge on any atom is -0.481 e. The van der Waals surface area contributed by atoms with Crippen molar-refractivity contribution in [2.24, 2.45) is 0 Å². The number of alkyl carbamates (subject to hydrolysis) is 1. The molecule has 3 rings (SSSR count). The number of ether oxygens (including phenoxy) is 2. The van der Waals surface area contributed by atoms with Crippen LogP contribution >= 0.6 is 0 Å². The van der Waals surface area contributed by atoms with Crippen LogP contribution in [0.4, 0.5) is 4.79 Å². The second-order valence-corrected chi connectivity index (χ2v) is 11.0. The molecule has 216 valence electrons. The van der Waals surface area contributed by atoms with Crippen molar-refractivity contribution >= 4 is 23.9 Å². The van der Waals surface area contributed by atoms with E-state index in [-0.39, 0.29) is 31.3 Å². The van der Waals surface area contributed by atoms with E-state index in [2.05, 4.69) is 22.8 Å². The van der Waals surface area contributed by atoms with Crippen molar-refractivity contribution < 1.29 is 33.8 Å². The molecule has 2 aromatic carbocycles. The molecular formula is C31H40N2O7. The fourth-order valence-electron chi connectivity index (χ4n) is 4.76. The first-order valence-corrected chi connectivity index (χ1v) is 13.9. The number of carboxylic acids is 1. The summed E-state index contributed by atoms with van der Waals surface area (Å²) in [6, 6.07) is 15.2. The third kappa shape index (κ3) is 9.39. The number of fused-ring (bicyclic) bond motifs is 3. The zero-order valence-corrected chi connectivity index (χ0v) is 23.5. The Morgan fingerprint density at radius 1 is 0.875 bits per heavy atom. The fourth-order valence-corrected chi connectivity index (χ4v) is 4.76. The first-order chi connectivity index (χ1) is 19.0. The molecule has 0 bridgehead atoms. The lowest BCUT2D eigenvalue weighted by Crippen LogP contribution is -2.44. The Morgan fingerprint density at radius 3 is 2.08 bits per heavy atom. The van der Waals surface area contributed by atoms with Gasteiger partial charge >= 0.3 is 18.0 Å². The van der Waals surface area contributed by atoms with Crippen molar-refractivity contribution in [1.29, 1.82) is 0 Å². The highest BCUT2D eigenvalue weighted by atomic mass is 16.6. The topological polar surface area (TPSA) is 131 Å². The summed E-state index contributed by atoms with van der Waals surface area (Å²) in [5.74, 6) is -1.63. The summed E-state index contributed by atoms with van der Waals surface area (Å²) in [6.45, 7) is 5.85. The maximum absolute atomic E-state index is 12.8. The number of nitrogens with one attached hydrogen (secondary N) is 2. The number of carboxylic acid groups (broad SMARTS) is 1. The third-order valence-electron chi connectivity index (χ3n) is 6.61. The molecule has 1 atom stereocenters. The number of esters is 1. The molecule has 0 fully saturated rings. The number of hydrogen-bond donors (Lipinski definition) is 3. The van der Waals surface area contributed by atoms with Crippen molar-refractivity contribution in [3.8, 4) is 11.1 Å². The predicted octanol–water partition coefficient (Wildman–Crippen LogP) is 5.17. The van der Waals surface area contributed by atoms with E-state index in [1.54, 1.807) is 20.8 Å². The molecule has 1 aliphatic rings. The van der Waals surface area contributed by atoms with Gasteiger partial charge in [-0.25, -0.2) is 9.59 Å². The van der Waals surface area contributed by atoms with E-state index in [1.165, 1.54) is 0 Å². The number of benzene rings is 2. The number of aliphatic carboxylic acids is 1. The third-order valence-corrected chi connectivity index (χ3v) is 6.61. The van der Waals surface area contributed by atoms with E-state index in [9.17, 15) is 19.2 Å². The Bertz CT molecular complexity index is 1140. The molecule has 0 aromatic heterocycles. The van der Waals surface area contributed by atoms with Crippen LogP contribution in [-0.2, 0) is 23.9 Å². The first-order valence-electron chi connectivity index (χ1n) is 13.9. The van der Waals surface area contributed by atoms with Gasteiger partial charge in [-0.3, -0.25) is 9.59 Å². The van der Waals surface area contributed by atoms with Crippen LogP contribution in [-0.4, -0.2) is 53.8 Å². The highest BCUT2D eigenvalue weighted by Crippen LogP contribution is 2.44. The van der Waals surface area contributed by atoms with Gasteiger partial charge in [0.1, 0.15) is 18.2 Å². The molecule has 0 heterocycles. The van der Waals surface area contributed by atoms with Gasteiger partial charge < -0.3 is 25.2 Å². The summed E-state index contributed by atoms with van der Waals surface area (Å²) in [6.07, 6.45) is 2.11. The van der Waals surface area contributed by atoms with Gasteiger partial charge in [0.25, 0.3) is 0 Å². The minimum absolute atomic E-state index is 0.0516. The molecule has 0 unspecified atom stereocenters. The number of rotatable bonds is 14. The average molecular weight is 553 g/mol. The van der Waals surface area contributed by atoms with Gasteiger partial charge in [0, 0.05) is 25.3 Å². The average Bonchev–Trinajstić information content (AvgIpc) is 3.21. The molecule has 40 heavy (non-hydrogen) atoms. The second-order valence-electron chi connectivity index (χ2n) is 11.0. The molecule has 0 spiro atoms. The van der Waals surface area contributed by atoms with Crippen molar-refractivity contribution in [1.82, 2.24) is 10.6 Å². The normalized spacial score (nSPS) is 13.1. The van der Waals surface area contributed by atoms with Gasteiger partial charge in [-0.15, -0.1) is 0 Å². The lowest BCUT2D eigenvalue weighted by molar-refractivity contribution is -0.157. The first kappa shape index (κ1) is 30.7. The zero-order chi connectivity index (χ0) is 29.1. The van der Waals surface area contributed by atoms with E-state index in [0.717, 1.165) is 22.3 Å². The van der Waals surface area contributed by atoms with E-state index in [4.69, 9.17) is 14.6 Å². The zero-order valence-electron chi connectivity index (χ0n) is 23.5. The molecule has 9 heteroatoms. The molecule has 0 aliphatic heterocycles. The van der Waals surface area contributed by atoms with Crippen molar-refractivity contribution in [3.05, 3.63) is 59.7 Å². The van der Waals surface area contributed by atoms with Crippen molar-refractivity contribution in [2.75, 3.05) is 13.2 Å². The van der Waals surface area contributed by atoms with Crippen LogP contribution in [0.25, 0.3) is 11.1 Å². The Labute approximate surface area is 235 Å². The molecule has 2 amide bonds. The highest BCUT2D eigenvalue weighted by molar-refractivity contribution is 5.82. The number of carbonyl (C=O) groups is 4. The van der Waals surface area contributed by atoms with Gasteiger partial charge in [-0.1, -0.05) is 48.5 Å². The van der Waals surface area contributed by atoms with Crippen molar-refractivity contribution in [2.45, 2.75) is 83.3 Å². The lowest BCUT2D eigenvalue weighted by atomic mass is 9.98. The SMILES string of the molecule is CC(C)(C)OC(=O)[C@H](CCCCNC(=O)CCCCC(=O)O)NC(=O)OCC1c2ccccc2-c2ccccc21. The Morgan fingerprint density at radius 2 is 1.48 bits per heavy atom. The molecule has 2 aromatic rings. The lowest BCUT2D eigenvalue weighted by Gasteiger charge is -2.24. The van der Waals surface area contributed by atoms with E-state index >= 15 is 0 Å². The van der Waals surface area contributed by atoms with Gasteiger partial charge in [-0.05, 0) is 75.1 Å². The standard InChI is InChI=1S/C31H40N2O7/c1-31(2,3)40-29(37)26(16-10-11-19-32-27(34)17-8-9-18-28(35)36)33-30(38)39-20-25-23-14-6-4-12-21(23)22-13-5-7-15-24(22)25/h4-7,12-15,25-26H,8-11,16-20H2,1-3H3,(H,32,34)(H,33,38)(H,35,36)/t26-/m0/s1. The fraction of sp³-hybridized carbons (Fsp3) is 0.484. The van der Waals surface area contributed by atoms with E-state index in [1.807, 2.05) is 36.4 Å². The van der Waals surface area contributed by atoms with E-state index < -0.39 is 29.7 Å².